The van der Waals surface area contributed by atoms with Crippen molar-refractivity contribution in [2.75, 3.05) is 23.9 Å². The zero-order chi connectivity index (χ0) is 30.7. The van der Waals surface area contributed by atoms with Crippen molar-refractivity contribution in [1.82, 2.24) is 10.2 Å². The molecule has 3 aromatic rings. The first kappa shape index (κ1) is 31.5. The van der Waals surface area contributed by atoms with Gasteiger partial charge in [-0.15, -0.1) is 0 Å². The van der Waals surface area contributed by atoms with Crippen molar-refractivity contribution in [3.05, 3.63) is 87.9 Å². The Morgan fingerprint density at radius 2 is 1.62 bits per heavy atom. The topological polar surface area (TPSA) is 105 Å². The molecule has 0 aliphatic carbocycles. The maximum Gasteiger partial charge on any atom is 0.244 e. The number of amides is 2. The van der Waals surface area contributed by atoms with Crippen molar-refractivity contribution in [2.45, 2.75) is 45.3 Å². The number of nitrogens with zero attached hydrogens (tertiary/aromatic N) is 2. The first-order valence-electron chi connectivity index (χ1n) is 13.2. The molecule has 9 nitrogen and oxygen atoms in total. The molecule has 0 bridgehead atoms. The molecule has 0 saturated carbocycles. The fraction of sp³-hybridized carbons (Fsp3) is 0.333. The standard InChI is InChI=1S/C30H33Cl2N3O6S/c1-30(2,3)33-29(37)25(15-20-8-6-5-7-9-20)34(17-21-10-12-23(31)24(32)14-21)28(36)18-35(42(4,38)39)22-11-13-26-27(16-22)41-19-40-26/h5-14,16,25H,15,17-19H2,1-4H3,(H,33,37)/t25-/m1/s1. The lowest BCUT2D eigenvalue weighted by atomic mass is 10.0. The Hall–Kier alpha value is -3.47. The molecule has 12 heteroatoms. The second-order valence-corrected chi connectivity index (χ2v) is 13.7. The summed E-state index contributed by atoms with van der Waals surface area (Å²) in [6.45, 7) is 4.97. The molecule has 0 spiro atoms. The molecule has 0 saturated heterocycles. The Balaban J connectivity index is 1.76. The van der Waals surface area contributed by atoms with Crippen LogP contribution >= 0.6 is 23.2 Å². The summed E-state index contributed by atoms with van der Waals surface area (Å²) in [7, 11) is -3.93. The van der Waals surface area contributed by atoms with E-state index in [1.165, 1.54) is 11.0 Å². The van der Waals surface area contributed by atoms with Crippen LogP contribution in [0.25, 0.3) is 0 Å². The minimum Gasteiger partial charge on any atom is -0.454 e. The van der Waals surface area contributed by atoms with Crippen LogP contribution in [0, 0.1) is 0 Å². The fourth-order valence-corrected chi connectivity index (χ4v) is 5.66. The molecule has 1 atom stereocenters. The van der Waals surface area contributed by atoms with Crippen molar-refractivity contribution < 1.29 is 27.5 Å². The number of hydrogen-bond donors (Lipinski definition) is 1. The number of hydrogen-bond acceptors (Lipinski definition) is 6. The Labute approximate surface area is 256 Å². The lowest BCUT2D eigenvalue weighted by Crippen LogP contribution is -2.56. The molecule has 1 aliphatic rings. The predicted molar refractivity (Wildman–Crippen MR) is 164 cm³/mol. The van der Waals surface area contributed by atoms with E-state index in [2.05, 4.69) is 5.32 Å². The van der Waals surface area contributed by atoms with Crippen LogP contribution in [-0.2, 0) is 32.6 Å². The van der Waals surface area contributed by atoms with E-state index >= 15 is 0 Å². The number of sulfonamides is 1. The zero-order valence-corrected chi connectivity index (χ0v) is 26.1. The highest BCUT2D eigenvalue weighted by Gasteiger charge is 2.34. The van der Waals surface area contributed by atoms with E-state index in [1.54, 1.807) is 30.3 Å². The summed E-state index contributed by atoms with van der Waals surface area (Å²) in [5.74, 6) is -0.128. The normalized spacial score (nSPS) is 13.4. The van der Waals surface area contributed by atoms with E-state index < -0.39 is 34.1 Å². The second-order valence-electron chi connectivity index (χ2n) is 11.0. The maximum absolute atomic E-state index is 14.2. The summed E-state index contributed by atoms with van der Waals surface area (Å²) >= 11 is 12.4. The van der Waals surface area contributed by atoms with Crippen molar-refractivity contribution in [3.8, 4) is 11.5 Å². The van der Waals surface area contributed by atoms with E-state index in [9.17, 15) is 18.0 Å². The van der Waals surface area contributed by atoms with Crippen LogP contribution in [0.1, 0.15) is 31.9 Å². The first-order chi connectivity index (χ1) is 19.7. The number of nitrogens with one attached hydrogen (secondary N) is 1. The number of carbonyl (C=O) groups excluding carboxylic acids is 2. The van der Waals surface area contributed by atoms with Gasteiger partial charge in [0.15, 0.2) is 11.5 Å². The van der Waals surface area contributed by atoms with Gasteiger partial charge in [-0.2, -0.15) is 0 Å². The Kier molecular flexibility index (Phi) is 9.60. The van der Waals surface area contributed by atoms with Crippen molar-refractivity contribution in [1.29, 1.82) is 0 Å². The van der Waals surface area contributed by atoms with E-state index in [0.29, 0.717) is 27.1 Å². The van der Waals surface area contributed by atoms with Crippen LogP contribution < -0.4 is 19.1 Å². The molecule has 0 radical (unpaired) electrons. The van der Waals surface area contributed by atoms with Gasteiger partial charge in [-0.1, -0.05) is 59.6 Å². The van der Waals surface area contributed by atoms with Crippen LogP contribution in [-0.4, -0.2) is 56.3 Å². The number of ether oxygens (including phenoxy) is 2. The largest absolute Gasteiger partial charge is 0.454 e. The molecule has 224 valence electrons. The molecule has 1 heterocycles. The van der Waals surface area contributed by atoms with Gasteiger partial charge in [-0.05, 0) is 56.2 Å². The molecule has 2 amide bonds. The van der Waals surface area contributed by atoms with Crippen LogP contribution in [0.15, 0.2) is 66.7 Å². The summed E-state index contributed by atoms with van der Waals surface area (Å²) in [6.07, 6.45) is 1.21. The maximum atomic E-state index is 14.2. The van der Waals surface area contributed by atoms with Gasteiger partial charge in [-0.25, -0.2) is 8.42 Å². The van der Waals surface area contributed by atoms with Crippen LogP contribution in [0.4, 0.5) is 5.69 Å². The van der Waals surface area contributed by atoms with Gasteiger partial charge in [0.25, 0.3) is 0 Å². The van der Waals surface area contributed by atoms with Gasteiger partial charge < -0.3 is 19.7 Å². The third-order valence-corrected chi connectivity index (χ3v) is 8.31. The molecule has 4 rings (SSSR count). The van der Waals surface area contributed by atoms with E-state index in [-0.39, 0.29) is 31.4 Å². The fourth-order valence-electron chi connectivity index (χ4n) is 4.50. The zero-order valence-electron chi connectivity index (χ0n) is 23.8. The number of anilines is 1. The minimum absolute atomic E-state index is 0.0120. The molecule has 3 aromatic carbocycles. The number of halogens is 2. The van der Waals surface area contributed by atoms with Gasteiger partial charge >= 0.3 is 0 Å². The van der Waals surface area contributed by atoms with Crippen LogP contribution in [0.2, 0.25) is 10.0 Å². The Bertz CT molecular complexity index is 1560. The quantitative estimate of drug-likeness (QED) is 0.335. The number of carbonyl (C=O) groups is 2. The lowest BCUT2D eigenvalue weighted by molar-refractivity contribution is -0.140. The number of rotatable bonds is 10. The molecule has 0 fully saturated rings. The van der Waals surface area contributed by atoms with E-state index in [4.69, 9.17) is 32.7 Å². The van der Waals surface area contributed by atoms with Gasteiger partial charge in [0.1, 0.15) is 12.6 Å². The summed E-state index contributed by atoms with van der Waals surface area (Å²) in [4.78, 5) is 29.4. The summed E-state index contributed by atoms with van der Waals surface area (Å²) in [5, 5.41) is 3.62. The van der Waals surface area contributed by atoms with Gasteiger partial charge in [0.2, 0.25) is 28.6 Å². The van der Waals surface area contributed by atoms with Crippen LogP contribution in [0.3, 0.4) is 0 Å². The van der Waals surface area contributed by atoms with Gasteiger partial charge in [-0.3, -0.25) is 13.9 Å². The highest BCUT2D eigenvalue weighted by molar-refractivity contribution is 7.92. The van der Waals surface area contributed by atoms with Crippen molar-refractivity contribution in [2.24, 2.45) is 0 Å². The molecule has 1 N–H and O–H groups in total. The number of fused-ring (bicyclic) bond motifs is 1. The van der Waals surface area contributed by atoms with Crippen LogP contribution in [0.5, 0.6) is 11.5 Å². The van der Waals surface area contributed by atoms with Gasteiger partial charge in [0, 0.05) is 24.6 Å². The summed E-state index contributed by atoms with van der Waals surface area (Å²) in [5.41, 5.74) is 1.08. The molecule has 1 aliphatic heterocycles. The summed E-state index contributed by atoms with van der Waals surface area (Å²) < 4.78 is 37.7. The van der Waals surface area contributed by atoms with E-state index in [1.807, 2.05) is 51.1 Å². The molecular formula is C30H33Cl2N3O6S. The average molecular weight is 635 g/mol. The third kappa shape index (κ3) is 8.08. The molecular weight excluding hydrogens is 601 g/mol. The predicted octanol–water partition coefficient (Wildman–Crippen LogP) is 5.04. The molecule has 0 aromatic heterocycles. The van der Waals surface area contributed by atoms with Gasteiger partial charge in [0.05, 0.1) is 22.0 Å². The summed E-state index contributed by atoms with van der Waals surface area (Å²) in [6, 6.07) is 17.9. The molecule has 42 heavy (non-hydrogen) atoms. The minimum atomic E-state index is -3.93. The van der Waals surface area contributed by atoms with E-state index in [0.717, 1.165) is 16.1 Å². The van der Waals surface area contributed by atoms with Crippen molar-refractivity contribution in [3.63, 3.8) is 0 Å². The average Bonchev–Trinajstić information content (AvgIpc) is 3.38. The second kappa shape index (κ2) is 12.8. The highest BCUT2D eigenvalue weighted by Crippen LogP contribution is 2.36. The smallest absolute Gasteiger partial charge is 0.244 e. The lowest BCUT2D eigenvalue weighted by Gasteiger charge is -2.35. The first-order valence-corrected chi connectivity index (χ1v) is 15.8. The number of benzene rings is 3. The van der Waals surface area contributed by atoms with Crippen molar-refractivity contribution >= 4 is 50.7 Å². The highest BCUT2D eigenvalue weighted by atomic mass is 35.5. The monoisotopic (exact) mass is 633 g/mol. The Morgan fingerprint density at radius 3 is 2.26 bits per heavy atom. The SMILES string of the molecule is CC(C)(C)NC(=O)[C@@H](Cc1ccccc1)N(Cc1ccc(Cl)c(Cl)c1)C(=O)CN(c1ccc2c(c1)OCO2)S(C)(=O)=O. The molecule has 0 unspecified atom stereocenters. The Morgan fingerprint density at radius 1 is 0.929 bits per heavy atom. The third-order valence-electron chi connectivity index (χ3n) is 6.43.